The first-order chi connectivity index (χ1) is 9.06. The van der Waals surface area contributed by atoms with Crippen molar-refractivity contribution in [3.63, 3.8) is 0 Å². The Balaban J connectivity index is 2.02. The molecule has 2 rings (SSSR count). The highest BCUT2D eigenvalue weighted by molar-refractivity contribution is 5.82. The Labute approximate surface area is 110 Å². The van der Waals surface area contributed by atoms with E-state index < -0.39 is 4.92 Å². The number of hydrazone groups is 1. The number of anilines is 1. The molecule has 0 amide bonds. The molecule has 0 aliphatic carbocycles. The van der Waals surface area contributed by atoms with Crippen LogP contribution < -0.4 is 5.43 Å². The third-order valence-corrected chi connectivity index (χ3v) is 2.67. The van der Waals surface area contributed by atoms with Gasteiger partial charge in [-0.1, -0.05) is 0 Å². The first-order valence-electron chi connectivity index (χ1n) is 5.76. The summed E-state index contributed by atoms with van der Waals surface area (Å²) in [7, 11) is 0. The summed E-state index contributed by atoms with van der Waals surface area (Å²) >= 11 is 0. The standard InChI is InChI=1S/C13H14N4O2/c1-9-7-11(10(2)15-9)8-14-16-12-3-5-13(6-4-12)17(18)19/h3-8,15-16H,1-2H3/b14-8+. The van der Waals surface area contributed by atoms with Gasteiger partial charge in [0.05, 0.1) is 16.8 Å². The molecule has 1 aromatic heterocycles. The van der Waals surface area contributed by atoms with Gasteiger partial charge in [0.1, 0.15) is 0 Å². The normalized spacial score (nSPS) is 10.8. The topological polar surface area (TPSA) is 83.3 Å². The average molecular weight is 258 g/mol. The van der Waals surface area contributed by atoms with Crippen molar-refractivity contribution in [2.45, 2.75) is 13.8 Å². The van der Waals surface area contributed by atoms with Gasteiger partial charge in [-0.25, -0.2) is 0 Å². The lowest BCUT2D eigenvalue weighted by atomic mass is 10.3. The summed E-state index contributed by atoms with van der Waals surface area (Å²) in [6.45, 7) is 3.95. The van der Waals surface area contributed by atoms with Crippen molar-refractivity contribution in [1.82, 2.24) is 4.98 Å². The molecular formula is C13H14N4O2. The molecule has 1 heterocycles. The number of hydrogen-bond acceptors (Lipinski definition) is 4. The number of nitro groups is 1. The fourth-order valence-corrected chi connectivity index (χ4v) is 1.71. The number of non-ortho nitro benzene ring substituents is 1. The summed E-state index contributed by atoms with van der Waals surface area (Å²) in [4.78, 5) is 13.3. The highest BCUT2D eigenvalue weighted by Gasteiger charge is 2.03. The molecule has 0 atom stereocenters. The quantitative estimate of drug-likeness (QED) is 0.502. The van der Waals surface area contributed by atoms with Crippen LogP contribution >= 0.6 is 0 Å². The summed E-state index contributed by atoms with van der Waals surface area (Å²) in [6, 6.07) is 8.10. The molecule has 0 spiro atoms. The van der Waals surface area contributed by atoms with E-state index in [4.69, 9.17) is 0 Å². The zero-order valence-corrected chi connectivity index (χ0v) is 10.7. The summed E-state index contributed by atoms with van der Waals surface area (Å²) in [5.74, 6) is 0. The minimum atomic E-state index is -0.432. The molecule has 98 valence electrons. The lowest BCUT2D eigenvalue weighted by Crippen LogP contribution is -1.92. The molecule has 0 saturated carbocycles. The molecule has 6 nitrogen and oxygen atoms in total. The van der Waals surface area contributed by atoms with E-state index in [1.807, 2.05) is 19.9 Å². The van der Waals surface area contributed by atoms with Crippen molar-refractivity contribution in [3.05, 3.63) is 57.4 Å². The van der Waals surface area contributed by atoms with E-state index in [0.29, 0.717) is 5.69 Å². The number of nitro benzene ring substituents is 1. The molecule has 2 aromatic rings. The van der Waals surface area contributed by atoms with Crippen LogP contribution in [0.2, 0.25) is 0 Å². The third-order valence-electron chi connectivity index (χ3n) is 2.67. The Bertz CT molecular complexity index is 614. The highest BCUT2D eigenvalue weighted by atomic mass is 16.6. The van der Waals surface area contributed by atoms with Crippen molar-refractivity contribution in [1.29, 1.82) is 0 Å². The second-order valence-electron chi connectivity index (χ2n) is 4.21. The van der Waals surface area contributed by atoms with Gasteiger partial charge in [0, 0.05) is 29.1 Å². The molecule has 0 saturated heterocycles. The SMILES string of the molecule is Cc1cc(/C=N/Nc2ccc([N+](=O)[O-])cc2)c(C)[nH]1. The van der Waals surface area contributed by atoms with Crippen LogP contribution in [0.3, 0.4) is 0 Å². The maximum Gasteiger partial charge on any atom is 0.269 e. The van der Waals surface area contributed by atoms with Crippen molar-refractivity contribution in [2.75, 3.05) is 5.43 Å². The monoisotopic (exact) mass is 258 g/mol. The van der Waals surface area contributed by atoms with E-state index in [1.165, 1.54) is 12.1 Å². The fourth-order valence-electron chi connectivity index (χ4n) is 1.71. The Hall–Kier alpha value is -2.63. The summed E-state index contributed by atoms with van der Waals surface area (Å²) in [5.41, 5.74) is 6.72. The van der Waals surface area contributed by atoms with Crippen LogP contribution in [0.1, 0.15) is 17.0 Å². The second-order valence-corrected chi connectivity index (χ2v) is 4.21. The van der Waals surface area contributed by atoms with E-state index in [0.717, 1.165) is 17.0 Å². The zero-order chi connectivity index (χ0) is 13.8. The maximum atomic E-state index is 10.5. The van der Waals surface area contributed by atoms with Gasteiger partial charge in [-0.2, -0.15) is 5.10 Å². The number of nitrogens with zero attached hydrogens (tertiary/aromatic N) is 2. The molecular weight excluding hydrogens is 244 g/mol. The summed E-state index contributed by atoms with van der Waals surface area (Å²) in [6.07, 6.45) is 1.71. The smallest absolute Gasteiger partial charge is 0.269 e. The maximum absolute atomic E-state index is 10.5. The van der Waals surface area contributed by atoms with Crippen LogP contribution in [0.4, 0.5) is 11.4 Å². The van der Waals surface area contributed by atoms with Crippen molar-refractivity contribution in [2.24, 2.45) is 5.10 Å². The molecule has 0 fully saturated rings. The summed E-state index contributed by atoms with van der Waals surface area (Å²) < 4.78 is 0. The Morgan fingerprint density at radius 2 is 2.00 bits per heavy atom. The van der Waals surface area contributed by atoms with Gasteiger partial charge in [0.15, 0.2) is 0 Å². The van der Waals surface area contributed by atoms with E-state index in [-0.39, 0.29) is 5.69 Å². The van der Waals surface area contributed by atoms with Crippen LogP contribution in [0.25, 0.3) is 0 Å². The first-order valence-corrected chi connectivity index (χ1v) is 5.76. The molecule has 0 bridgehead atoms. The minimum Gasteiger partial charge on any atom is -0.362 e. The number of aromatic nitrogens is 1. The van der Waals surface area contributed by atoms with Gasteiger partial charge in [0.2, 0.25) is 0 Å². The predicted molar refractivity (Wildman–Crippen MR) is 74.6 cm³/mol. The third kappa shape index (κ3) is 3.19. The van der Waals surface area contributed by atoms with Crippen LogP contribution in [0, 0.1) is 24.0 Å². The fraction of sp³-hybridized carbons (Fsp3) is 0.154. The van der Waals surface area contributed by atoms with Crippen LogP contribution in [-0.2, 0) is 0 Å². The Kier molecular flexibility index (Phi) is 3.61. The molecule has 6 heteroatoms. The van der Waals surface area contributed by atoms with E-state index in [2.05, 4.69) is 15.5 Å². The molecule has 1 aromatic carbocycles. The second kappa shape index (κ2) is 5.34. The number of aromatic amines is 1. The molecule has 0 unspecified atom stereocenters. The summed E-state index contributed by atoms with van der Waals surface area (Å²) in [5, 5.41) is 14.6. The van der Waals surface area contributed by atoms with Gasteiger partial charge in [-0.15, -0.1) is 0 Å². The molecule has 2 N–H and O–H groups in total. The number of aryl methyl sites for hydroxylation is 2. The lowest BCUT2D eigenvalue weighted by molar-refractivity contribution is -0.384. The lowest BCUT2D eigenvalue weighted by Gasteiger charge is -1.99. The number of benzene rings is 1. The minimum absolute atomic E-state index is 0.0617. The van der Waals surface area contributed by atoms with Gasteiger partial charge in [-0.3, -0.25) is 15.5 Å². The van der Waals surface area contributed by atoms with Gasteiger partial charge >= 0.3 is 0 Å². The Morgan fingerprint density at radius 1 is 1.32 bits per heavy atom. The predicted octanol–water partition coefficient (Wildman–Crippen LogP) is 2.99. The van der Waals surface area contributed by atoms with Crippen LogP contribution in [0.15, 0.2) is 35.4 Å². The van der Waals surface area contributed by atoms with Gasteiger partial charge in [-0.05, 0) is 32.0 Å². The van der Waals surface area contributed by atoms with Gasteiger partial charge in [0.25, 0.3) is 5.69 Å². The Morgan fingerprint density at radius 3 is 2.53 bits per heavy atom. The van der Waals surface area contributed by atoms with Crippen LogP contribution in [-0.4, -0.2) is 16.1 Å². The first kappa shape index (κ1) is 12.8. The van der Waals surface area contributed by atoms with Crippen molar-refractivity contribution < 1.29 is 4.92 Å². The van der Waals surface area contributed by atoms with Crippen molar-refractivity contribution >= 4 is 17.6 Å². The number of nitrogens with one attached hydrogen (secondary N) is 2. The largest absolute Gasteiger partial charge is 0.362 e. The van der Waals surface area contributed by atoms with E-state index in [9.17, 15) is 10.1 Å². The number of hydrogen-bond donors (Lipinski definition) is 2. The van der Waals surface area contributed by atoms with Crippen molar-refractivity contribution in [3.8, 4) is 0 Å². The number of rotatable bonds is 4. The zero-order valence-electron chi connectivity index (χ0n) is 10.7. The van der Waals surface area contributed by atoms with E-state index >= 15 is 0 Å². The average Bonchev–Trinajstić information content (AvgIpc) is 2.68. The number of H-pyrrole nitrogens is 1. The van der Waals surface area contributed by atoms with E-state index in [1.54, 1.807) is 18.3 Å². The molecule has 0 aliphatic rings. The highest BCUT2D eigenvalue weighted by Crippen LogP contribution is 2.15. The molecule has 19 heavy (non-hydrogen) atoms. The van der Waals surface area contributed by atoms with Gasteiger partial charge < -0.3 is 4.98 Å². The van der Waals surface area contributed by atoms with Crippen LogP contribution in [0.5, 0.6) is 0 Å². The molecule has 0 radical (unpaired) electrons. The molecule has 0 aliphatic heterocycles.